The average Bonchev–Trinajstić information content (AvgIpc) is 3.10. The third kappa shape index (κ3) is 4.48. The Morgan fingerprint density at radius 3 is 2.79 bits per heavy atom. The van der Waals surface area contributed by atoms with Gasteiger partial charge in [0.05, 0.1) is 18.0 Å². The van der Waals surface area contributed by atoms with Crippen LogP contribution in [0.2, 0.25) is 5.02 Å². The van der Waals surface area contributed by atoms with Gasteiger partial charge >= 0.3 is 0 Å². The van der Waals surface area contributed by atoms with Gasteiger partial charge in [-0.3, -0.25) is 19.7 Å². The number of nitrogens with zero attached hydrogens (tertiary/aromatic N) is 3. The molecule has 152 valence electrons. The molecule has 1 unspecified atom stereocenters. The molecule has 29 heavy (non-hydrogen) atoms. The van der Waals surface area contributed by atoms with E-state index in [2.05, 4.69) is 0 Å². The largest absolute Gasteiger partial charge is 0.497 e. The van der Waals surface area contributed by atoms with Crippen LogP contribution < -0.4 is 9.64 Å². The Hall–Kier alpha value is -3.13. The van der Waals surface area contributed by atoms with E-state index >= 15 is 0 Å². The zero-order valence-corrected chi connectivity index (χ0v) is 16.8. The summed E-state index contributed by atoms with van der Waals surface area (Å²) in [5.41, 5.74) is 1.06. The van der Waals surface area contributed by atoms with Crippen molar-refractivity contribution in [3.8, 4) is 5.75 Å². The molecule has 1 aliphatic rings. The number of carbonyl (C=O) groups is 2. The van der Waals surface area contributed by atoms with Crippen molar-refractivity contribution in [1.29, 1.82) is 0 Å². The standard InChI is InChI=1S/C20H20ClN3O5/c1-22(11-13-8-16(24(27)28)6-7-18(13)21)20(26)14-9-19(25)23(12-14)15-4-3-5-17(10-15)29-2/h3-8,10,14H,9,11-12H2,1-2H3. The molecule has 1 aliphatic heterocycles. The lowest BCUT2D eigenvalue weighted by Gasteiger charge is -2.22. The molecule has 1 fully saturated rings. The monoisotopic (exact) mass is 417 g/mol. The number of methoxy groups -OCH3 is 1. The van der Waals surface area contributed by atoms with E-state index in [-0.39, 0.29) is 37.0 Å². The molecule has 2 aromatic rings. The third-order valence-electron chi connectivity index (χ3n) is 4.86. The van der Waals surface area contributed by atoms with Gasteiger partial charge in [0.2, 0.25) is 11.8 Å². The normalized spacial score (nSPS) is 16.0. The molecule has 2 amide bonds. The molecule has 0 bridgehead atoms. The van der Waals surface area contributed by atoms with Crippen molar-refractivity contribution < 1.29 is 19.2 Å². The number of amides is 2. The van der Waals surface area contributed by atoms with E-state index in [0.29, 0.717) is 22.0 Å². The van der Waals surface area contributed by atoms with Gasteiger partial charge in [-0.15, -0.1) is 0 Å². The van der Waals surface area contributed by atoms with Gasteiger partial charge in [-0.25, -0.2) is 0 Å². The highest BCUT2D eigenvalue weighted by Gasteiger charge is 2.36. The van der Waals surface area contributed by atoms with Crippen LogP contribution in [0.15, 0.2) is 42.5 Å². The number of hydrogen-bond acceptors (Lipinski definition) is 5. The van der Waals surface area contributed by atoms with Gasteiger partial charge in [0.15, 0.2) is 0 Å². The van der Waals surface area contributed by atoms with Gasteiger partial charge < -0.3 is 14.5 Å². The van der Waals surface area contributed by atoms with E-state index in [1.807, 2.05) is 0 Å². The Balaban J connectivity index is 1.71. The predicted molar refractivity (Wildman–Crippen MR) is 108 cm³/mol. The Morgan fingerprint density at radius 2 is 2.10 bits per heavy atom. The minimum absolute atomic E-state index is 0.0921. The Labute approximate surface area is 172 Å². The van der Waals surface area contributed by atoms with E-state index in [9.17, 15) is 19.7 Å². The summed E-state index contributed by atoms with van der Waals surface area (Å²) in [6, 6.07) is 11.2. The van der Waals surface area contributed by atoms with Gasteiger partial charge in [-0.2, -0.15) is 0 Å². The molecule has 8 nitrogen and oxygen atoms in total. The number of non-ortho nitro benzene ring substituents is 1. The average molecular weight is 418 g/mol. The van der Waals surface area contributed by atoms with E-state index < -0.39 is 10.8 Å². The minimum Gasteiger partial charge on any atom is -0.497 e. The summed E-state index contributed by atoms with van der Waals surface area (Å²) in [7, 11) is 3.14. The Kier molecular flexibility index (Phi) is 6.03. The smallest absolute Gasteiger partial charge is 0.269 e. The molecule has 9 heteroatoms. The Morgan fingerprint density at radius 1 is 1.34 bits per heavy atom. The maximum absolute atomic E-state index is 12.9. The maximum atomic E-state index is 12.9. The van der Waals surface area contributed by atoms with Gasteiger partial charge in [0.1, 0.15) is 5.75 Å². The molecule has 0 radical (unpaired) electrons. The van der Waals surface area contributed by atoms with Crippen LogP contribution in [0.4, 0.5) is 11.4 Å². The second kappa shape index (κ2) is 8.48. The fourth-order valence-electron chi connectivity index (χ4n) is 3.34. The number of halogens is 1. The molecular formula is C20H20ClN3O5. The third-order valence-corrected chi connectivity index (χ3v) is 5.23. The highest BCUT2D eigenvalue weighted by Crippen LogP contribution is 2.29. The summed E-state index contributed by atoms with van der Waals surface area (Å²) < 4.78 is 5.19. The van der Waals surface area contributed by atoms with Crippen molar-refractivity contribution >= 4 is 34.8 Å². The van der Waals surface area contributed by atoms with Crippen molar-refractivity contribution in [2.45, 2.75) is 13.0 Å². The molecule has 0 aliphatic carbocycles. The topological polar surface area (TPSA) is 93.0 Å². The zero-order chi connectivity index (χ0) is 21.1. The van der Waals surface area contributed by atoms with Crippen LogP contribution in [0, 0.1) is 16.0 Å². The number of carbonyl (C=O) groups excluding carboxylic acids is 2. The highest BCUT2D eigenvalue weighted by molar-refractivity contribution is 6.31. The fraction of sp³-hybridized carbons (Fsp3) is 0.300. The molecule has 0 saturated carbocycles. The first-order chi connectivity index (χ1) is 13.8. The van der Waals surface area contributed by atoms with Crippen molar-refractivity contribution in [1.82, 2.24) is 4.90 Å². The first kappa shape index (κ1) is 20.6. The Bertz CT molecular complexity index is 965. The van der Waals surface area contributed by atoms with Crippen molar-refractivity contribution in [3.63, 3.8) is 0 Å². The van der Waals surface area contributed by atoms with Gasteiger partial charge in [-0.1, -0.05) is 17.7 Å². The van der Waals surface area contributed by atoms with Crippen LogP contribution in [0.25, 0.3) is 0 Å². The van der Waals surface area contributed by atoms with E-state index in [4.69, 9.17) is 16.3 Å². The lowest BCUT2D eigenvalue weighted by Crippen LogP contribution is -2.34. The second-order valence-electron chi connectivity index (χ2n) is 6.83. The quantitative estimate of drug-likeness (QED) is 0.531. The van der Waals surface area contributed by atoms with Crippen molar-refractivity contribution in [2.24, 2.45) is 5.92 Å². The van der Waals surface area contributed by atoms with Crippen molar-refractivity contribution in [3.05, 3.63) is 63.2 Å². The maximum Gasteiger partial charge on any atom is 0.269 e. The summed E-state index contributed by atoms with van der Waals surface area (Å²) >= 11 is 6.13. The number of anilines is 1. The van der Waals surface area contributed by atoms with E-state index in [1.54, 1.807) is 43.3 Å². The lowest BCUT2D eigenvalue weighted by molar-refractivity contribution is -0.384. The van der Waals surface area contributed by atoms with E-state index in [0.717, 1.165) is 0 Å². The number of nitro groups is 1. The molecule has 1 saturated heterocycles. The molecule has 3 rings (SSSR count). The number of hydrogen-bond donors (Lipinski definition) is 0. The summed E-state index contributed by atoms with van der Waals surface area (Å²) in [6.45, 7) is 0.376. The number of benzene rings is 2. The van der Waals surface area contributed by atoms with Crippen LogP contribution in [0.3, 0.4) is 0 Å². The van der Waals surface area contributed by atoms with Crippen LogP contribution in [0.5, 0.6) is 5.75 Å². The molecule has 1 heterocycles. The lowest BCUT2D eigenvalue weighted by atomic mass is 10.1. The molecule has 1 atom stereocenters. The predicted octanol–water partition coefficient (Wildman–Crippen LogP) is 3.27. The second-order valence-corrected chi connectivity index (χ2v) is 7.24. The summed E-state index contributed by atoms with van der Waals surface area (Å²) in [5.74, 6) is -0.233. The molecule has 0 aromatic heterocycles. The SMILES string of the molecule is COc1cccc(N2CC(C(=O)N(C)Cc3cc([N+](=O)[O-])ccc3Cl)CC2=O)c1. The number of nitro benzene ring substituents is 1. The summed E-state index contributed by atoms with van der Waals surface area (Å²) in [5, 5.41) is 11.3. The molecule has 0 N–H and O–H groups in total. The summed E-state index contributed by atoms with van der Waals surface area (Å²) in [6.07, 6.45) is 0.100. The molecule has 0 spiro atoms. The fourth-order valence-corrected chi connectivity index (χ4v) is 3.52. The van der Waals surface area contributed by atoms with Crippen LogP contribution in [-0.2, 0) is 16.1 Å². The van der Waals surface area contributed by atoms with Crippen LogP contribution in [-0.4, -0.2) is 42.3 Å². The van der Waals surface area contributed by atoms with Gasteiger partial charge in [0.25, 0.3) is 5.69 Å². The van der Waals surface area contributed by atoms with Gasteiger partial charge in [0, 0.05) is 55.5 Å². The van der Waals surface area contributed by atoms with Crippen LogP contribution in [0.1, 0.15) is 12.0 Å². The minimum atomic E-state index is -0.511. The zero-order valence-electron chi connectivity index (χ0n) is 16.0. The number of rotatable bonds is 6. The molecular weight excluding hydrogens is 398 g/mol. The first-order valence-electron chi connectivity index (χ1n) is 8.92. The van der Waals surface area contributed by atoms with Crippen molar-refractivity contribution in [2.75, 3.05) is 25.6 Å². The first-order valence-corrected chi connectivity index (χ1v) is 9.30. The van der Waals surface area contributed by atoms with Gasteiger partial charge in [-0.05, 0) is 23.8 Å². The van der Waals surface area contributed by atoms with E-state index in [1.165, 1.54) is 23.1 Å². The highest BCUT2D eigenvalue weighted by atomic mass is 35.5. The number of ether oxygens (including phenoxy) is 1. The molecule has 2 aromatic carbocycles. The van der Waals surface area contributed by atoms with Crippen LogP contribution >= 0.6 is 11.6 Å². The summed E-state index contributed by atoms with van der Waals surface area (Å²) in [4.78, 5) is 38.8.